The Hall–Kier alpha value is -2.46. The fourth-order valence-corrected chi connectivity index (χ4v) is 2.20. The Bertz CT molecular complexity index is 791. The topological polar surface area (TPSA) is 52.1 Å². The lowest BCUT2D eigenvalue weighted by molar-refractivity contribution is -0.134. The van der Waals surface area contributed by atoms with Crippen molar-refractivity contribution in [3.05, 3.63) is 65.3 Å². The molecular formula is C16H11ClN2O2. The quantitative estimate of drug-likeness (QED) is 0.549. The number of halogens is 1. The van der Waals surface area contributed by atoms with Crippen molar-refractivity contribution in [3.8, 4) is 6.01 Å². The molecule has 3 aromatic rings. The molecule has 0 spiro atoms. The summed E-state index contributed by atoms with van der Waals surface area (Å²) in [5.41, 5.74) is 1.51. The Morgan fingerprint density at radius 1 is 1.00 bits per heavy atom. The van der Waals surface area contributed by atoms with Crippen LogP contribution in [0.3, 0.4) is 0 Å². The zero-order valence-corrected chi connectivity index (χ0v) is 11.7. The Balaban J connectivity index is 1.80. The Morgan fingerprint density at radius 3 is 2.52 bits per heavy atom. The summed E-state index contributed by atoms with van der Waals surface area (Å²) in [5.74, 6) is -0.424. The van der Waals surface area contributed by atoms with Gasteiger partial charge in [-0.15, -0.1) is 0 Å². The van der Waals surface area contributed by atoms with Crippen LogP contribution in [0.2, 0.25) is 5.15 Å². The molecule has 21 heavy (non-hydrogen) atoms. The Kier molecular flexibility index (Phi) is 3.79. The van der Waals surface area contributed by atoms with Crippen LogP contribution < -0.4 is 4.74 Å². The van der Waals surface area contributed by atoms with Crippen molar-refractivity contribution in [2.24, 2.45) is 0 Å². The monoisotopic (exact) mass is 298 g/mol. The van der Waals surface area contributed by atoms with E-state index in [-0.39, 0.29) is 17.6 Å². The van der Waals surface area contributed by atoms with E-state index in [4.69, 9.17) is 16.3 Å². The molecule has 5 heteroatoms. The van der Waals surface area contributed by atoms with Gasteiger partial charge in [0.2, 0.25) is 0 Å². The molecule has 1 aromatic heterocycles. The van der Waals surface area contributed by atoms with Gasteiger partial charge in [-0.2, -0.15) is 9.97 Å². The van der Waals surface area contributed by atoms with Gasteiger partial charge in [-0.3, -0.25) is 4.79 Å². The zero-order chi connectivity index (χ0) is 14.7. The molecule has 0 aliphatic carbocycles. The van der Waals surface area contributed by atoms with Gasteiger partial charge >= 0.3 is 12.0 Å². The third kappa shape index (κ3) is 3.17. The molecule has 1 heterocycles. The van der Waals surface area contributed by atoms with Gasteiger partial charge in [-0.25, -0.2) is 0 Å². The molecule has 3 rings (SSSR count). The van der Waals surface area contributed by atoms with Crippen molar-refractivity contribution in [3.63, 3.8) is 0 Å². The molecule has 104 valence electrons. The number of nitrogens with zero attached hydrogens (tertiary/aromatic N) is 2. The molecule has 0 bridgehead atoms. The SMILES string of the molecule is O=C(Cc1ccccc1)Oc1nc(Cl)c2ccccc2n1. The molecule has 0 amide bonds. The molecule has 0 aliphatic heterocycles. The highest BCUT2D eigenvalue weighted by atomic mass is 35.5. The van der Waals surface area contributed by atoms with Crippen LogP contribution in [-0.4, -0.2) is 15.9 Å². The molecular weight excluding hydrogens is 288 g/mol. The highest BCUT2D eigenvalue weighted by molar-refractivity contribution is 6.34. The van der Waals surface area contributed by atoms with Crippen LogP contribution in [-0.2, 0) is 11.2 Å². The van der Waals surface area contributed by atoms with Crippen molar-refractivity contribution in [1.29, 1.82) is 0 Å². The molecule has 0 fully saturated rings. The van der Waals surface area contributed by atoms with Crippen molar-refractivity contribution >= 4 is 28.5 Å². The summed E-state index contributed by atoms with van der Waals surface area (Å²) in [5, 5.41) is 0.991. The minimum Gasteiger partial charge on any atom is -0.391 e. The largest absolute Gasteiger partial charge is 0.391 e. The average Bonchev–Trinajstić information content (AvgIpc) is 2.48. The predicted molar refractivity (Wildman–Crippen MR) is 80.3 cm³/mol. The highest BCUT2D eigenvalue weighted by Crippen LogP contribution is 2.22. The van der Waals surface area contributed by atoms with Crippen LogP contribution in [0.4, 0.5) is 0 Å². The van der Waals surface area contributed by atoms with E-state index in [1.807, 2.05) is 48.5 Å². The first kappa shape index (κ1) is 13.5. The van der Waals surface area contributed by atoms with Gasteiger partial charge in [0.25, 0.3) is 0 Å². The molecule has 0 atom stereocenters. The summed E-state index contributed by atoms with van der Waals surface area (Å²) in [7, 11) is 0. The van der Waals surface area contributed by atoms with E-state index in [1.165, 1.54) is 0 Å². The number of carbonyl (C=O) groups excluding carboxylic acids is 1. The summed E-state index contributed by atoms with van der Waals surface area (Å²) >= 11 is 6.06. The second-order valence-electron chi connectivity index (χ2n) is 4.45. The summed E-state index contributed by atoms with van der Waals surface area (Å²) in [6.07, 6.45) is 0.161. The summed E-state index contributed by atoms with van der Waals surface area (Å²) < 4.78 is 5.16. The standard InChI is InChI=1S/C16H11ClN2O2/c17-15-12-8-4-5-9-13(12)18-16(19-15)21-14(20)10-11-6-2-1-3-7-11/h1-9H,10H2. The van der Waals surface area contributed by atoms with Gasteiger partial charge in [-0.05, 0) is 17.7 Å². The van der Waals surface area contributed by atoms with Gasteiger partial charge in [0.15, 0.2) is 0 Å². The normalized spacial score (nSPS) is 10.5. The number of hydrogen-bond donors (Lipinski definition) is 0. The minimum absolute atomic E-state index is 0.0281. The second-order valence-corrected chi connectivity index (χ2v) is 4.81. The van der Waals surface area contributed by atoms with E-state index in [0.29, 0.717) is 5.52 Å². The maximum Gasteiger partial charge on any atom is 0.326 e. The summed E-state index contributed by atoms with van der Waals surface area (Å²) in [6.45, 7) is 0. The number of fused-ring (bicyclic) bond motifs is 1. The number of para-hydroxylation sites is 1. The number of hydrogen-bond acceptors (Lipinski definition) is 4. The van der Waals surface area contributed by atoms with Crippen molar-refractivity contribution in [1.82, 2.24) is 9.97 Å². The molecule has 4 nitrogen and oxygen atoms in total. The van der Waals surface area contributed by atoms with Gasteiger partial charge < -0.3 is 4.74 Å². The molecule has 0 saturated heterocycles. The molecule has 0 aliphatic rings. The lowest BCUT2D eigenvalue weighted by Crippen LogP contribution is -2.13. The van der Waals surface area contributed by atoms with Crippen molar-refractivity contribution in [2.75, 3.05) is 0 Å². The van der Waals surface area contributed by atoms with Gasteiger partial charge in [0, 0.05) is 5.39 Å². The molecule has 2 aromatic carbocycles. The van der Waals surface area contributed by atoms with Crippen LogP contribution in [0.5, 0.6) is 6.01 Å². The fraction of sp³-hybridized carbons (Fsp3) is 0.0625. The van der Waals surface area contributed by atoms with Crippen LogP contribution in [0.15, 0.2) is 54.6 Å². The molecule has 0 radical (unpaired) electrons. The van der Waals surface area contributed by atoms with Crippen LogP contribution in [0, 0.1) is 0 Å². The van der Waals surface area contributed by atoms with E-state index in [2.05, 4.69) is 9.97 Å². The first-order valence-corrected chi connectivity index (χ1v) is 6.77. The maximum atomic E-state index is 11.9. The fourth-order valence-electron chi connectivity index (χ4n) is 1.96. The van der Waals surface area contributed by atoms with E-state index in [1.54, 1.807) is 6.07 Å². The Labute approximate surface area is 126 Å². The van der Waals surface area contributed by atoms with E-state index >= 15 is 0 Å². The van der Waals surface area contributed by atoms with E-state index in [0.717, 1.165) is 10.9 Å². The minimum atomic E-state index is -0.424. The molecule has 0 unspecified atom stereocenters. The third-order valence-corrected chi connectivity index (χ3v) is 3.22. The van der Waals surface area contributed by atoms with E-state index < -0.39 is 5.97 Å². The number of esters is 1. The first-order chi connectivity index (χ1) is 10.2. The van der Waals surface area contributed by atoms with Crippen LogP contribution in [0.1, 0.15) is 5.56 Å². The zero-order valence-electron chi connectivity index (χ0n) is 11.0. The average molecular weight is 299 g/mol. The van der Waals surface area contributed by atoms with Crippen molar-refractivity contribution < 1.29 is 9.53 Å². The summed E-state index contributed by atoms with van der Waals surface area (Å²) in [4.78, 5) is 20.1. The van der Waals surface area contributed by atoms with E-state index in [9.17, 15) is 4.79 Å². The van der Waals surface area contributed by atoms with Gasteiger partial charge in [-0.1, -0.05) is 54.1 Å². The third-order valence-electron chi connectivity index (χ3n) is 2.93. The number of aromatic nitrogens is 2. The lowest BCUT2D eigenvalue weighted by atomic mass is 10.2. The smallest absolute Gasteiger partial charge is 0.326 e. The Morgan fingerprint density at radius 2 is 1.71 bits per heavy atom. The van der Waals surface area contributed by atoms with Crippen LogP contribution in [0.25, 0.3) is 10.9 Å². The molecule has 0 N–H and O–H groups in total. The number of carbonyl (C=O) groups is 1. The van der Waals surface area contributed by atoms with Crippen molar-refractivity contribution in [2.45, 2.75) is 6.42 Å². The van der Waals surface area contributed by atoms with Crippen LogP contribution >= 0.6 is 11.6 Å². The lowest BCUT2D eigenvalue weighted by Gasteiger charge is -2.05. The second kappa shape index (κ2) is 5.89. The summed E-state index contributed by atoms with van der Waals surface area (Å²) in [6, 6.07) is 16.6. The highest BCUT2D eigenvalue weighted by Gasteiger charge is 2.11. The first-order valence-electron chi connectivity index (χ1n) is 6.39. The predicted octanol–water partition coefficient (Wildman–Crippen LogP) is 3.43. The van der Waals surface area contributed by atoms with Gasteiger partial charge in [0.05, 0.1) is 11.9 Å². The maximum absolute atomic E-state index is 11.9. The number of rotatable bonds is 3. The number of benzene rings is 2. The van der Waals surface area contributed by atoms with Gasteiger partial charge in [0.1, 0.15) is 5.15 Å². The number of ether oxygens (including phenoxy) is 1. The molecule has 0 saturated carbocycles.